The lowest BCUT2D eigenvalue weighted by atomic mass is 10.1. The molecule has 1 aromatic rings. The van der Waals surface area contributed by atoms with Gasteiger partial charge >= 0.3 is 0 Å². The standard InChI is InChI=1S/C13H21N/c1-5-6-9-14(4)13-8-7-11(2)12(3)10-13/h7-8,10H,5-6,9H2,1-4H3. The van der Waals surface area contributed by atoms with E-state index in [0.717, 1.165) is 6.54 Å². The minimum absolute atomic E-state index is 1.15. The third-order valence-electron chi connectivity index (χ3n) is 2.78. The van der Waals surface area contributed by atoms with Crippen molar-refractivity contribution in [3.05, 3.63) is 29.3 Å². The van der Waals surface area contributed by atoms with E-state index in [-0.39, 0.29) is 0 Å². The van der Waals surface area contributed by atoms with E-state index in [9.17, 15) is 0 Å². The average Bonchev–Trinajstić information content (AvgIpc) is 2.18. The molecule has 0 heterocycles. The molecule has 0 aliphatic carbocycles. The highest BCUT2D eigenvalue weighted by molar-refractivity contribution is 5.49. The molecule has 0 aliphatic rings. The van der Waals surface area contributed by atoms with Gasteiger partial charge in [0.05, 0.1) is 0 Å². The van der Waals surface area contributed by atoms with Crippen LogP contribution in [0, 0.1) is 13.8 Å². The molecule has 0 saturated carbocycles. The predicted molar refractivity (Wildman–Crippen MR) is 64.1 cm³/mol. The van der Waals surface area contributed by atoms with Gasteiger partial charge in [-0.25, -0.2) is 0 Å². The van der Waals surface area contributed by atoms with Crippen LogP contribution in [-0.2, 0) is 0 Å². The van der Waals surface area contributed by atoms with E-state index < -0.39 is 0 Å². The molecular formula is C13H21N. The van der Waals surface area contributed by atoms with E-state index in [0.29, 0.717) is 0 Å². The van der Waals surface area contributed by atoms with Gasteiger partial charge in [-0.3, -0.25) is 0 Å². The molecule has 0 saturated heterocycles. The van der Waals surface area contributed by atoms with Crippen LogP contribution in [0.5, 0.6) is 0 Å². The molecule has 0 atom stereocenters. The largest absolute Gasteiger partial charge is 0.375 e. The summed E-state index contributed by atoms with van der Waals surface area (Å²) in [6.45, 7) is 7.71. The highest BCUT2D eigenvalue weighted by Crippen LogP contribution is 2.17. The Morgan fingerprint density at radius 1 is 1.14 bits per heavy atom. The summed E-state index contributed by atoms with van der Waals surface area (Å²) in [5.74, 6) is 0. The second-order valence-corrected chi connectivity index (χ2v) is 4.04. The van der Waals surface area contributed by atoms with Crippen molar-refractivity contribution < 1.29 is 0 Å². The van der Waals surface area contributed by atoms with Crippen LogP contribution >= 0.6 is 0 Å². The molecule has 1 rings (SSSR count). The van der Waals surface area contributed by atoms with Crippen LogP contribution in [0.15, 0.2) is 18.2 Å². The Kier molecular flexibility index (Phi) is 3.99. The van der Waals surface area contributed by atoms with Crippen LogP contribution in [-0.4, -0.2) is 13.6 Å². The van der Waals surface area contributed by atoms with Crippen molar-refractivity contribution in [2.75, 3.05) is 18.5 Å². The molecule has 78 valence electrons. The summed E-state index contributed by atoms with van der Waals surface area (Å²) in [5.41, 5.74) is 4.09. The van der Waals surface area contributed by atoms with Crippen molar-refractivity contribution in [2.24, 2.45) is 0 Å². The zero-order valence-corrected chi connectivity index (χ0v) is 9.80. The number of unbranched alkanes of at least 4 members (excludes halogenated alkanes) is 1. The molecule has 0 N–H and O–H groups in total. The lowest BCUT2D eigenvalue weighted by Gasteiger charge is -2.19. The summed E-state index contributed by atoms with van der Waals surface area (Å²) in [5, 5.41) is 0. The number of anilines is 1. The lowest BCUT2D eigenvalue weighted by molar-refractivity contribution is 0.766. The molecule has 0 spiro atoms. The number of hydrogen-bond acceptors (Lipinski definition) is 1. The fraction of sp³-hybridized carbons (Fsp3) is 0.538. The van der Waals surface area contributed by atoms with Gasteiger partial charge in [0.1, 0.15) is 0 Å². The SMILES string of the molecule is CCCCN(C)c1ccc(C)c(C)c1. The van der Waals surface area contributed by atoms with Gasteiger partial charge < -0.3 is 4.90 Å². The van der Waals surface area contributed by atoms with E-state index in [2.05, 4.69) is 50.9 Å². The first-order valence-corrected chi connectivity index (χ1v) is 5.43. The highest BCUT2D eigenvalue weighted by atomic mass is 15.1. The summed E-state index contributed by atoms with van der Waals surface area (Å²) in [6, 6.07) is 6.68. The maximum atomic E-state index is 2.33. The number of aryl methyl sites for hydroxylation is 2. The van der Waals surface area contributed by atoms with Crippen LogP contribution in [0.4, 0.5) is 5.69 Å². The molecule has 0 amide bonds. The van der Waals surface area contributed by atoms with Gasteiger partial charge in [0, 0.05) is 19.3 Å². The van der Waals surface area contributed by atoms with Gasteiger partial charge in [0.2, 0.25) is 0 Å². The van der Waals surface area contributed by atoms with Crippen molar-refractivity contribution in [1.82, 2.24) is 0 Å². The van der Waals surface area contributed by atoms with Gasteiger partial charge in [-0.15, -0.1) is 0 Å². The summed E-state index contributed by atoms with van der Waals surface area (Å²) >= 11 is 0. The minimum Gasteiger partial charge on any atom is -0.375 e. The van der Waals surface area contributed by atoms with Gasteiger partial charge in [-0.1, -0.05) is 19.4 Å². The molecule has 1 nitrogen and oxygen atoms in total. The monoisotopic (exact) mass is 191 g/mol. The topological polar surface area (TPSA) is 3.24 Å². The number of benzene rings is 1. The fourth-order valence-corrected chi connectivity index (χ4v) is 1.49. The van der Waals surface area contributed by atoms with Gasteiger partial charge in [0.15, 0.2) is 0 Å². The van der Waals surface area contributed by atoms with E-state index in [1.54, 1.807) is 0 Å². The molecule has 0 radical (unpaired) electrons. The quantitative estimate of drug-likeness (QED) is 0.703. The summed E-state index contributed by atoms with van der Waals surface area (Å²) in [4.78, 5) is 2.33. The summed E-state index contributed by atoms with van der Waals surface area (Å²) in [6.07, 6.45) is 2.53. The van der Waals surface area contributed by atoms with Crippen molar-refractivity contribution in [2.45, 2.75) is 33.6 Å². The highest BCUT2D eigenvalue weighted by Gasteiger charge is 2.01. The fourth-order valence-electron chi connectivity index (χ4n) is 1.49. The lowest BCUT2D eigenvalue weighted by Crippen LogP contribution is -2.18. The summed E-state index contributed by atoms with van der Waals surface area (Å²) in [7, 11) is 2.17. The first-order chi connectivity index (χ1) is 6.65. The smallest absolute Gasteiger partial charge is 0.0366 e. The van der Waals surface area contributed by atoms with Crippen molar-refractivity contribution in [3.63, 3.8) is 0 Å². The Hall–Kier alpha value is -0.980. The second-order valence-electron chi connectivity index (χ2n) is 4.04. The predicted octanol–water partition coefficient (Wildman–Crippen LogP) is 3.54. The third kappa shape index (κ3) is 2.76. The first kappa shape index (κ1) is 11.1. The van der Waals surface area contributed by atoms with Crippen molar-refractivity contribution in [3.8, 4) is 0 Å². The molecule has 1 aromatic carbocycles. The van der Waals surface area contributed by atoms with Crippen LogP contribution in [0.1, 0.15) is 30.9 Å². The van der Waals surface area contributed by atoms with Crippen LogP contribution in [0.25, 0.3) is 0 Å². The number of rotatable bonds is 4. The molecule has 0 unspecified atom stereocenters. The molecule has 0 aliphatic heterocycles. The molecule has 14 heavy (non-hydrogen) atoms. The van der Waals surface area contributed by atoms with Gasteiger partial charge in [0.25, 0.3) is 0 Å². The molecule has 0 fully saturated rings. The first-order valence-electron chi connectivity index (χ1n) is 5.43. The van der Waals surface area contributed by atoms with Crippen molar-refractivity contribution >= 4 is 5.69 Å². The molecule has 1 heteroatoms. The Morgan fingerprint density at radius 3 is 2.43 bits per heavy atom. The number of nitrogens with zero attached hydrogens (tertiary/aromatic N) is 1. The second kappa shape index (κ2) is 5.04. The van der Waals surface area contributed by atoms with Crippen LogP contribution in [0.3, 0.4) is 0 Å². The third-order valence-corrected chi connectivity index (χ3v) is 2.78. The Morgan fingerprint density at radius 2 is 1.86 bits per heavy atom. The van der Waals surface area contributed by atoms with E-state index >= 15 is 0 Å². The Bertz CT molecular complexity index is 291. The van der Waals surface area contributed by atoms with E-state index in [1.807, 2.05) is 0 Å². The molecule has 0 aromatic heterocycles. The molecular weight excluding hydrogens is 170 g/mol. The Balaban J connectivity index is 2.70. The minimum atomic E-state index is 1.15. The maximum absolute atomic E-state index is 2.33. The van der Waals surface area contributed by atoms with Crippen LogP contribution in [0.2, 0.25) is 0 Å². The van der Waals surface area contributed by atoms with E-state index in [4.69, 9.17) is 0 Å². The number of hydrogen-bond donors (Lipinski definition) is 0. The zero-order valence-electron chi connectivity index (χ0n) is 9.80. The van der Waals surface area contributed by atoms with Crippen molar-refractivity contribution in [1.29, 1.82) is 0 Å². The van der Waals surface area contributed by atoms with Crippen LogP contribution < -0.4 is 4.90 Å². The summed E-state index contributed by atoms with van der Waals surface area (Å²) < 4.78 is 0. The van der Waals surface area contributed by atoms with E-state index in [1.165, 1.54) is 29.7 Å². The normalized spacial score (nSPS) is 10.3. The zero-order chi connectivity index (χ0) is 10.6. The average molecular weight is 191 g/mol. The maximum Gasteiger partial charge on any atom is 0.0366 e. The Labute approximate surface area is 87.7 Å². The molecule has 0 bridgehead atoms. The van der Waals surface area contributed by atoms with Gasteiger partial charge in [-0.2, -0.15) is 0 Å². The van der Waals surface area contributed by atoms with Gasteiger partial charge in [-0.05, 0) is 43.5 Å².